The topological polar surface area (TPSA) is 63.2 Å². The molecule has 0 radical (unpaired) electrons. The molecule has 132 valence electrons. The molecule has 6 nitrogen and oxygen atoms in total. The monoisotopic (exact) mass is 364 g/mol. The summed E-state index contributed by atoms with van der Waals surface area (Å²) in [5.41, 5.74) is 1.88. The van der Waals surface area contributed by atoms with Crippen LogP contribution in [0.25, 0.3) is 0 Å². The highest BCUT2D eigenvalue weighted by Gasteiger charge is 2.18. The van der Waals surface area contributed by atoms with Gasteiger partial charge >= 0.3 is 5.97 Å². The van der Waals surface area contributed by atoms with Gasteiger partial charge in [0.1, 0.15) is 12.4 Å². The van der Waals surface area contributed by atoms with E-state index in [9.17, 15) is 4.79 Å². The minimum absolute atomic E-state index is 0.0378. The van der Waals surface area contributed by atoms with Gasteiger partial charge < -0.3 is 23.7 Å². The van der Waals surface area contributed by atoms with Gasteiger partial charge in [-0.2, -0.15) is 0 Å². The van der Waals surface area contributed by atoms with E-state index in [0.29, 0.717) is 40.0 Å². The van der Waals surface area contributed by atoms with Crippen molar-refractivity contribution in [3.63, 3.8) is 0 Å². The number of ether oxygens (including phenoxy) is 5. The Bertz CT molecular complexity index is 789. The van der Waals surface area contributed by atoms with Gasteiger partial charge in [-0.25, -0.2) is 4.79 Å². The summed E-state index contributed by atoms with van der Waals surface area (Å²) in [6, 6.07) is 8.32. The second kappa shape index (κ2) is 7.63. The molecule has 7 heteroatoms. The van der Waals surface area contributed by atoms with Gasteiger partial charge in [0.15, 0.2) is 18.3 Å². The highest BCUT2D eigenvalue weighted by Crippen LogP contribution is 2.32. The quantitative estimate of drug-likeness (QED) is 0.756. The van der Waals surface area contributed by atoms with Crippen LogP contribution in [-0.2, 0) is 22.7 Å². The maximum Gasteiger partial charge on any atom is 0.338 e. The van der Waals surface area contributed by atoms with E-state index in [2.05, 4.69) is 0 Å². The zero-order valence-corrected chi connectivity index (χ0v) is 14.6. The van der Waals surface area contributed by atoms with Crippen molar-refractivity contribution in [1.29, 1.82) is 0 Å². The number of rotatable bonds is 5. The number of hydrogen-bond donors (Lipinski definition) is 0. The summed E-state index contributed by atoms with van der Waals surface area (Å²) in [5.74, 6) is 1.16. The molecule has 0 aliphatic carbocycles. The molecule has 0 spiro atoms. The van der Waals surface area contributed by atoms with E-state index in [1.165, 1.54) is 14.2 Å². The Morgan fingerprint density at radius 1 is 1.16 bits per heavy atom. The Morgan fingerprint density at radius 2 is 1.96 bits per heavy atom. The maximum atomic E-state index is 12.3. The van der Waals surface area contributed by atoms with Gasteiger partial charge in [-0.05, 0) is 30.3 Å². The largest absolute Gasteiger partial charge is 0.493 e. The van der Waals surface area contributed by atoms with Crippen molar-refractivity contribution < 1.29 is 28.5 Å². The summed E-state index contributed by atoms with van der Waals surface area (Å²) in [5, 5.41) is 0.532. The van der Waals surface area contributed by atoms with Crippen LogP contribution >= 0.6 is 11.6 Å². The predicted molar refractivity (Wildman–Crippen MR) is 90.4 cm³/mol. The normalized spacial score (nSPS) is 12.8. The summed E-state index contributed by atoms with van der Waals surface area (Å²) in [6.07, 6.45) is 0. The fourth-order valence-electron chi connectivity index (χ4n) is 2.55. The summed E-state index contributed by atoms with van der Waals surface area (Å²) in [6.45, 7) is 0.605. The average Bonchev–Trinajstić information content (AvgIpc) is 2.65. The van der Waals surface area contributed by atoms with E-state index < -0.39 is 5.97 Å². The molecule has 3 rings (SSSR count). The third kappa shape index (κ3) is 3.81. The van der Waals surface area contributed by atoms with Gasteiger partial charge in [0, 0.05) is 16.1 Å². The maximum absolute atomic E-state index is 12.3. The first-order valence-corrected chi connectivity index (χ1v) is 7.91. The SMILES string of the molecule is COc1ccc(C(=O)OCc2cc(Cl)cc3c2OCOC3)cc1OC. The summed E-state index contributed by atoms with van der Waals surface area (Å²) >= 11 is 6.11. The lowest BCUT2D eigenvalue weighted by atomic mass is 10.1. The van der Waals surface area contributed by atoms with Crippen LogP contribution in [0.4, 0.5) is 0 Å². The van der Waals surface area contributed by atoms with E-state index in [1.54, 1.807) is 30.3 Å². The van der Waals surface area contributed by atoms with E-state index in [4.69, 9.17) is 35.3 Å². The summed E-state index contributed by atoms with van der Waals surface area (Å²) in [7, 11) is 3.03. The fourth-order valence-corrected chi connectivity index (χ4v) is 2.82. The van der Waals surface area contributed by atoms with Crippen LogP contribution < -0.4 is 14.2 Å². The molecular formula is C18H17ClO6. The van der Waals surface area contributed by atoms with E-state index in [0.717, 1.165) is 5.56 Å². The first kappa shape index (κ1) is 17.4. The molecular weight excluding hydrogens is 348 g/mol. The molecule has 0 unspecified atom stereocenters. The lowest BCUT2D eigenvalue weighted by molar-refractivity contribution is -0.0180. The molecule has 1 aliphatic rings. The van der Waals surface area contributed by atoms with Crippen LogP contribution in [-0.4, -0.2) is 27.0 Å². The molecule has 0 amide bonds. The van der Waals surface area contributed by atoms with Crippen LogP contribution in [0.15, 0.2) is 30.3 Å². The van der Waals surface area contributed by atoms with Gasteiger partial charge in [0.2, 0.25) is 0 Å². The number of fused-ring (bicyclic) bond motifs is 1. The molecule has 0 atom stereocenters. The number of carbonyl (C=O) groups is 1. The Labute approximate surface area is 150 Å². The Morgan fingerprint density at radius 3 is 2.72 bits per heavy atom. The predicted octanol–water partition coefficient (Wildman–Crippen LogP) is 3.58. The molecule has 2 aromatic carbocycles. The molecule has 0 saturated heterocycles. The summed E-state index contributed by atoms with van der Waals surface area (Å²) < 4.78 is 26.5. The number of carbonyl (C=O) groups excluding carboxylic acids is 1. The van der Waals surface area contributed by atoms with Crippen molar-refractivity contribution >= 4 is 17.6 Å². The zero-order valence-electron chi connectivity index (χ0n) is 13.8. The number of esters is 1. The van der Waals surface area contributed by atoms with Crippen LogP contribution in [0.2, 0.25) is 5.02 Å². The standard InChI is InChI=1S/C18H17ClO6/c1-21-15-4-3-11(7-16(15)22-2)18(20)24-9-13-6-14(19)5-12-8-23-10-25-17(12)13/h3-7H,8-10H2,1-2H3. The van der Waals surface area contributed by atoms with E-state index >= 15 is 0 Å². The van der Waals surface area contributed by atoms with Gasteiger partial charge in [0.05, 0.1) is 26.4 Å². The van der Waals surface area contributed by atoms with Gasteiger partial charge in [-0.1, -0.05) is 11.6 Å². The molecule has 0 N–H and O–H groups in total. The first-order chi connectivity index (χ1) is 12.1. The Kier molecular flexibility index (Phi) is 5.31. The smallest absolute Gasteiger partial charge is 0.338 e. The zero-order chi connectivity index (χ0) is 17.8. The molecule has 0 bridgehead atoms. The fraction of sp³-hybridized carbons (Fsp3) is 0.278. The minimum atomic E-state index is -0.485. The van der Waals surface area contributed by atoms with E-state index in [1.807, 2.05) is 0 Å². The number of hydrogen-bond acceptors (Lipinski definition) is 6. The third-order valence-corrected chi connectivity index (χ3v) is 3.95. The number of benzene rings is 2. The van der Waals surface area contributed by atoms with Gasteiger partial charge in [0.25, 0.3) is 0 Å². The van der Waals surface area contributed by atoms with Crippen LogP contribution in [0.3, 0.4) is 0 Å². The van der Waals surface area contributed by atoms with Gasteiger partial charge in [-0.15, -0.1) is 0 Å². The number of methoxy groups -OCH3 is 2. The molecule has 0 saturated carbocycles. The van der Waals surface area contributed by atoms with Crippen molar-refractivity contribution in [3.05, 3.63) is 52.0 Å². The van der Waals surface area contributed by atoms with Crippen molar-refractivity contribution in [2.45, 2.75) is 13.2 Å². The van der Waals surface area contributed by atoms with Crippen molar-refractivity contribution in [3.8, 4) is 17.2 Å². The lowest BCUT2D eigenvalue weighted by Crippen LogP contribution is -2.14. The Hall–Kier alpha value is -2.44. The summed E-state index contributed by atoms with van der Waals surface area (Å²) in [4.78, 5) is 12.3. The first-order valence-electron chi connectivity index (χ1n) is 7.53. The highest BCUT2D eigenvalue weighted by molar-refractivity contribution is 6.30. The lowest BCUT2D eigenvalue weighted by Gasteiger charge is -2.21. The number of halogens is 1. The Balaban J connectivity index is 1.76. The molecule has 2 aromatic rings. The van der Waals surface area contributed by atoms with Crippen LogP contribution in [0, 0.1) is 0 Å². The van der Waals surface area contributed by atoms with E-state index in [-0.39, 0.29) is 13.4 Å². The van der Waals surface area contributed by atoms with Crippen LogP contribution in [0.5, 0.6) is 17.2 Å². The molecule has 0 fully saturated rings. The third-order valence-electron chi connectivity index (χ3n) is 3.73. The second-order valence-electron chi connectivity index (χ2n) is 5.31. The van der Waals surface area contributed by atoms with Crippen molar-refractivity contribution in [2.75, 3.05) is 21.0 Å². The molecule has 0 aromatic heterocycles. The van der Waals surface area contributed by atoms with Gasteiger partial charge in [-0.3, -0.25) is 0 Å². The second-order valence-corrected chi connectivity index (χ2v) is 5.75. The molecule has 1 aliphatic heterocycles. The van der Waals surface area contributed by atoms with Crippen molar-refractivity contribution in [2.24, 2.45) is 0 Å². The highest BCUT2D eigenvalue weighted by atomic mass is 35.5. The molecule has 1 heterocycles. The average molecular weight is 365 g/mol. The van der Waals surface area contributed by atoms with Crippen LogP contribution in [0.1, 0.15) is 21.5 Å². The minimum Gasteiger partial charge on any atom is -0.493 e. The molecule has 25 heavy (non-hydrogen) atoms. The van der Waals surface area contributed by atoms with Crippen molar-refractivity contribution in [1.82, 2.24) is 0 Å².